The van der Waals surface area contributed by atoms with Crippen molar-refractivity contribution in [2.24, 2.45) is 5.92 Å². The summed E-state index contributed by atoms with van der Waals surface area (Å²) in [4.78, 5) is 38.9. The highest BCUT2D eigenvalue weighted by Crippen LogP contribution is 2.36. The number of hydrogen-bond donors (Lipinski definition) is 1. The lowest BCUT2D eigenvalue weighted by Crippen LogP contribution is -2.28. The molecule has 1 aromatic heterocycles. The number of non-ortho nitro benzene ring substituents is 1. The van der Waals surface area contributed by atoms with Crippen LogP contribution in [0.1, 0.15) is 46.0 Å². The summed E-state index contributed by atoms with van der Waals surface area (Å²) in [5, 5.41) is 22.5. The first-order chi connectivity index (χ1) is 18.8. The van der Waals surface area contributed by atoms with Crippen LogP contribution in [0.3, 0.4) is 0 Å². The Labute approximate surface area is 224 Å². The number of hydrogen-bond acceptors (Lipinski definition) is 8. The summed E-state index contributed by atoms with van der Waals surface area (Å²) < 4.78 is 17.2. The SMILES string of the molecule is CCC(C)OC(=O)C(CCCCCOc1cc2ccccc2cc1-c1nc2ccc([N+](=O)[O-])cc2o1)C(=O)O. The van der Waals surface area contributed by atoms with Crippen molar-refractivity contribution in [3.8, 4) is 17.2 Å². The second-order valence-electron chi connectivity index (χ2n) is 9.37. The molecule has 0 amide bonds. The fourth-order valence-corrected chi connectivity index (χ4v) is 4.16. The Hall–Kier alpha value is -4.47. The average Bonchev–Trinajstić information content (AvgIpc) is 3.35. The van der Waals surface area contributed by atoms with Crippen LogP contribution in [-0.4, -0.2) is 39.7 Å². The number of esters is 1. The van der Waals surface area contributed by atoms with Crippen molar-refractivity contribution < 1.29 is 33.5 Å². The molecule has 4 rings (SSSR count). The summed E-state index contributed by atoms with van der Waals surface area (Å²) in [5.41, 5.74) is 1.33. The quantitative estimate of drug-likeness (QED) is 0.0665. The third-order valence-corrected chi connectivity index (χ3v) is 6.53. The third-order valence-electron chi connectivity index (χ3n) is 6.53. The minimum absolute atomic E-state index is 0.0848. The zero-order chi connectivity index (χ0) is 27.9. The Morgan fingerprint density at radius 3 is 2.51 bits per heavy atom. The Kier molecular flexibility index (Phi) is 8.75. The number of unbranched alkanes of at least 4 members (excludes halogenated alkanes) is 2. The van der Waals surface area contributed by atoms with Crippen molar-refractivity contribution in [3.05, 3.63) is 64.7 Å². The number of nitro benzene ring substituents is 1. The first kappa shape index (κ1) is 27.6. The van der Waals surface area contributed by atoms with Crippen LogP contribution in [0.25, 0.3) is 33.3 Å². The highest BCUT2D eigenvalue weighted by atomic mass is 16.6. The monoisotopic (exact) mass is 534 g/mol. The summed E-state index contributed by atoms with van der Waals surface area (Å²) in [6.07, 6.45) is 2.33. The van der Waals surface area contributed by atoms with Gasteiger partial charge < -0.3 is 19.0 Å². The number of carbonyl (C=O) groups is 2. The number of fused-ring (bicyclic) bond motifs is 2. The zero-order valence-corrected chi connectivity index (χ0v) is 21.8. The number of aliphatic carboxylic acids is 1. The van der Waals surface area contributed by atoms with Crippen LogP contribution in [0.15, 0.2) is 59.0 Å². The topological polar surface area (TPSA) is 142 Å². The fraction of sp³-hybridized carbons (Fsp3) is 0.345. The number of benzene rings is 3. The smallest absolute Gasteiger partial charge is 0.320 e. The summed E-state index contributed by atoms with van der Waals surface area (Å²) in [6, 6.07) is 15.8. The zero-order valence-electron chi connectivity index (χ0n) is 21.8. The lowest BCUT2D eigenvalue weighted by molar-refractivity contribution is -0.384. The van der Waals surface area contributed by atoms with Gasteiger partial charge in [0.1, 0.15) is 11.3 Å². The Morgan fingerprint density at radius 1 is 1.08 bits per heavy atom. The summed E-state index contributed by atoms with van der Waals surface area (Å²) >= 11 is 0. The van der Waals surface area contributed by atoms with E-state index in [1.807, 2.05) is 43.3 Å². The van der Waals surface area contributed by atoms with Gasteiger partial charge in [0.05, 0.1) is 29.3 Å². The molecule has 1 heterocycles. The lowest BCUT2D eigenvalue weighted by atomic mass is 10.0. The van der Waals surface area contributed by atoms with Crippen LogP contribution in [-0.2, 0) is 14.3 Å². The molecule has 0 radical (unpaired) electrons. The van der Waals surface area contributed by atoms with Crippen LogP contribution in [0.2, 0.25) is 0 Å². The van der Waals surface area contributed by atoms with E-state index in [-0.39, 0.29) is 24.1 Å². The molecule has 4 aromatic rings. The van der Waals surface area contributed by atoms with Gasteiger partial charge in [-0.2, -0.15) is 0 Å². The summed E-state index contributed by atoms with van der Waals surface area (Å²) in [7, 11) is 0. The van der Waals surface area contributed by atoms with E-state index in [1.165, 1.54) is 12.1 Å². The van der Waals surface area contributed by atoms with Gasteiger partial charge in [0.2, 0.25) is 5.89 Å². The fourth-order valence-electron chi connectivity index (χ4n) is 4.16. The highest BCUT2D eigenvalue weighted by molar-refractivity contribution is 5.94. The van der Waals surface area contributed by atoms with E-state index in [4.69, 9.17) is 13.9 Å². The number of oxazole rings is 1. The molecule has 10 heteroatoms. The van der Waals surface area contributed by atoms with Gasteiger partial charge in [-0.25, -0.2) is 4.98 Å². The van der Waals surface area contributed by atoms with Gasteiger partial charge in [0.25, 0.3) is 5.69 Å². The largest absolute Gasteiger partial charge is 0.493 e. The summed E-state index contributed by atoms with van der Waals surface area (Å²) in [6.45, 7) is 3.96. The third kappa shape index (κ3) is 6.70. The van der Waals surface area contributed by atoms with Crippen molar-refractivity contribution in [1.29, 1.82) is 0 Å². The number of carbonyl (C=O) groups excluding carboxylic acids is 1. The number of ether oxygens (including phenoxy) is 2. The van der Waals surface area contributed by atoms with E-state index < -0.39 is 22.8 Å². The van der Waals surface area contributed by atoms with Crippen LogP contribution in [0, 0.1) is 16.0 Å². The molecular weight excluding hydrogens is 504 g/mol. The Morgan fingerprint density at radius 2 is 1.82 bits per heavy atom. The average molecular weight is 535 g/mol. The predicted octanol–water partition coefficient (Wildman–Crippen LogP) is 6.54. The maximum atomic E-state index is 12.2. The van der Waals surface area contributed by atoms with E-state index in [1.54, 1.807) is 13.0 Å². The van der Waals surface area contributed by atoms with Crippen molar-refractivity contribution in [3.63, 3.8) is 0 Å². The van der Waals surface area contributed by atoms with Crippen molar-refractivity contribution >= 4 is 39.5 Å². The highest BCUT2D eigenvalue weighted by Gasteiger charge is 2.28. The first-order valence-electron chi connectivity index (χ1n) is 12.9. The molecule has 3 aromatic carbocycles. The number of aromatic nitrogens is 1. The molecule has 10 nitrogen and oxygen atoms in total. The van der Waals surface area contributed by atoms with Crippen molar-refractivity contribution in [1.82, 2.24) is 4.98 Å². The predicted molar refractivity (Wildman–Crippen MR) is 145 cm³/mol. The Bertz CT molecular complexity index is 1500. The normalized spacial score (nSPS) is 12.8. The van der Waals surface area contributed by atoms with Crippen molar-refractivity contribution in [2.45, 2.75) is 52.1 Å². The van der Waals surface area contributed by atoms with Gasteiger partial charge in [0, 0.05) is 6.07 Å². The minimum atomic E-state index is -1.18. The number of rotatable bonds is 13. The maximum Gasteiger partial charge on any atom is 0.320 e. The number of nitro groups is 1. The van der Waals surface area contributed by atoms with E-state index in [9.17, 15) is 24.8 Å². The molecule has 1 N–H and O–H groups in total. The molecule has 0 aliphatic heterocycles. The molecule has 0 bridgehead atoms. The lowest BCUT2D eigenvalue weighted by Gasteiger charge is -2.16. The summed E-state index contributed by atoms with van der Waals surface area (Å²) in [5.74, 6) is -2.21. The van der Waals surface area contributed by atoms with Crippen LogP contribution in [0.4, 0.5) is 5.69 Å². The van der Waals surface area contributed by atoms with Crippen LogP contribution in [0.5, 0.6) is 5.75 Å². The molecule has 0 fully saturated rings. The Balaban J connectivity index is 1.44. The van der Waals surface area contributed by atoms with Gasteiger partial charge in [-0.3, -0.25) is 19.7 Å². The van der Waals surface area contributed by atoms with Crippen LogP contribution >= 0.6 is 0 Å². The molecular formula is C29H30N2O8. The number of carboxylic acid groups (broad SMARTS) is 1. The molecule has 204 valence electrons. The van der Waals surface area contributed by atoms with Gasteiger partial charge in [0.15, 0.2) is 11.5 Å². The second-order valence-corrected chi connectivity index (χ2v) is 9.37. The van der Waals surface area contributed by atoms with E-state index in [0.29, 0.717) is 54.7 Å². The van der Waals surface area contributed by atoms with E-state index in [2.05, 4.69) is 4.98 Å². The first-order valence-corrected chi connectivity index (χ1v) is 12.9. The molecule has 39 heavy (non-hydrogen) atoms. The van der Waals surface area contributed by atoms with Gasteiger partial charge in [-0.05, 0) is 55.2 Å². The van der Waals surface area contributed by atoms with E-state index >= 15 is 0 Å². The molecule has 0 saturated carbocycles. The molecule has 2 unspecified atom stereocenters. The molecule has 0 aliphatic rings. The number of carboxylic acids is 1. The molecule has 0 spiro atoms. The van der Waals surface area contributed by atoms with Crippen molar-refractivity contribution in [2.75, 3.05) is 6.61 Å². The minimum Gasteiger partial charge on any atom is -0.493 e. The molecule has 2 atom stereocenters. The van der Waals surface area contributed by atoms with Gasteiger partial charge >= 0.3 is 11.9 Å². The van der Waals surface area contributed by atoms with Gasteiger partial charge in [-0.15, -0.1) is 0 Å². The second kappa shape index (κ2) is 12.4. The standard InChI is InChI=1S/C29H30N2O8/c1-3-18(2)38-29(34)22(28(32)33)11-5-4-8-14-37-25-16-20-10-7-6-9-19(20)15-23(25)27-30-24-13-12-21(31(35)36)17-26(24)39-27/h6-7,9-10,12-13,15-18,22H,3-5,8,11,14H2,1-2H3,(H,32,33). The van der Waals surface area contributed by atoms with Gasteiger partial charge in [-0.1, -0.05) is 44.0 Å². The maximum absolute atomic E-state index is 12.2. The number of nitrogens with zero attached hydrogens (tertiary/aromatic N) is 2. The molecule has 0 aliphatic carbocycles. The van der Waals surface area contributed by atoms with E-state index in [0.717, 1.165) is 10.8 Å². The van der Waals surface area contributed by atoms with Crippen LogP contribution < -0.4 is 4.74 Å². The molecule has 0 saturated heterocycles.